The number of methoxy groups -OCH3 is 1. The van der Waals surface area contributed by atoms with E-state index in [9.17, 15) is 17.2 Å². The van der Waals surface area contributed by atoms with Crippen LogP contribution in [0.4, 0.5) is 8.78 Å². The van der Waals surface area contributed by atoms with E-state index in [1.807, 2.05) is 0 Å². The SMILES string of the molecule is COCCC(C)Oc1ccc(S(=O)(=O)Cl)c(F)c1F. The molecule has 0 aliphatic carbocycles. The van der Waals surface area contributed by atoms with Gasteiger partial charge in [-0.3, -0.25) is 0 Å². The van der Waals surface area contributed by atoms with Crippen LogP contribution in [0, 0.1) is 11.6 Å². The normalized spacial score (nSPS) is 13.3. The summed E-state index contributed by atoms with van der Waals surface area (Å²) in [7, 11) is 2.14. The van der Waals surface area contributed by atoms with Crippen molar-refractivity contribution < 1.29 is 26.7 Å². The van der Waals surface area contributed by atoms with Gasteiger partial charge in [0.1, 0.15) is 4.90 Å². The Morgan fingerprint density at radius 2 is 1.95 bits per heavy atom. The lowest BCUT2D eigenvalue weighted by Gasteiger charge is -2.15. The lowest BCUT2D eigenvalue weighted by atomic mass is 10.2. The van der Waals surface area contributed by atoms with Gasteiger partial charge in [-0.1, -0.05) is 0 Å². The molecule has 19 heavy (non-hydrogen) atoms. The molecule has 0 aliphatic heterocycles. The summed E-state index contributed by atoms with van der Waals surface area (Å²) in [5, 5.41) is 0. The van der Waals surface area contributed by atoms with E-state index in [1.165, 1.54) is 7.11 Å². The highest BCUT2D eigenvalue weighted by molar-refractivity contribution is 8.13. The molecule has 0 fully saturated rings. The number of halogens is 3. The lowest BCUT2D eigenvalue weighted by molar-refractivity contribution is 0.131. The minimum absolute atomic E-state index is 0.370. The number of rotatable bonds is 6. The Labute approximate surface area is 114 Å². The summed E-state index contributed by atoms with van der Waals surface area (Å²) >= 11 is 0. The first-order valence-electron chi connectivity index (χ1n) is 5.35. The molecular formula is C11H13ClF2O4S. The molecule has 0 N–H and O–H groups in total. The molecule has 0 saturated heterocycles. The summed E-state index contributed by atoms with van der Waals surface area (Å²) in [5.74, 6) is -3.30. The van der Waals surface area contributed by atoms with Crippen LogP contribution in [0.25, 0.3) is 0 Å². The Bertz CT molecular complexity index is 548. The van der Waals surface area contributed by atoms with Crippen molar-refractivity contribution in [3.05, 3.63) is 23.8 Å². The fourth-order valence-electron chi connectivity index (χ4n) is 1.35. The van der Waals surface area contributed by atoms with Gasteiger partial charge in [-0.25, -0.2) is 12.8 Å². The zero-order valence-electron chi connectivity index (χ0n) is 10.3. The monoisotopic (exact) mass is 314 g/mol. The molecule has 8 heteroatoms. The van der Waals surface area contributed by atoms with Crippen molar-refractivity contribution in [3.63, 3.8) is 0 Å². The van der Waals surface area contributed by atoms with Gasteiger partial charge in [0.2, 0.25) is 5.82 Å². The highest BCUT2D eigenvalue weighted by Crippen LogP contribution is 2.28. The molecule has 1 rings (SSSR count). The van der Waals surface area contributed by atoms with Crippen LogP contribution in [-0.2, 0) is 13.8 Å². The summed E-state index contributed by atoms with van der Waals surface area (Å²) in [6, 6.07) is 1.89. The van der Waals surface area contributed by atoms with Crippen LogP contribution in [0.1, 0.15) is 13.3 Å². The van der Waals surface area contributed by atoms with E-state index >= 15 is 0 Å². The fraction of sp³-hybridized carbons (Fsp3) is 0.455. The van der Waals surface area contributed by atoms with Crippen molar-refractivity contribution in [3.8, 4) is 5.75 Å². The maximum absolute atomic E-state index is 13.6. The van der Waals surface area contributed by atoms with Crippen molar-refractivity contribution in [1.82, 2.24) is 0 Å². The molecule has 0 saturated carbocycles. The summed E-state index contributed by atoms with van der Waals surface area (Å²) < 4.78 is 59.1. The Morgan fingerprint density at radius 3 is 2.47 bits per heavy atom. The standard InChI is InChI=1S/C11H13ClF2O4S/c1-7(5-6-17-2)18-8-3-4-9(19(12,15)16)11(14)10(8)13/h3-4,7H,5-6H2,1-2H3. The molecule has 1 unspecified atom stereocenters. The minimum atomic E-state index is -4.33. The predicted molar refractivity (Wildman–Crippen MR) is 66.0 cm³/mol. The molecule has 0 spiro atoms. The summed E-state index contributed by atoms with van der Waals surface area (Å²) in [4.78, 5) is -0.913. The van der Waals surface area contributed by atoms with Crippen LogP contribution in [0.5, 0.6) is 5.75 Å². The smallest absolute Gasteiger partial charge is 0.264 e. The van der Waals surface area contributed by atoms with Gasteiger partial charge in [-0.2, -0.15) is 4.39 Å². The Kier molecular flexibility index (Phi) is 5.51. The first-order chi connectivity index (χ1) is 8.77. The van der Waals surface area contributed by atoms with Crippen LogP contribution < -0.4 is 4.74 Å². The van der Waals surface area contributed by atoms with Gasteiger partial charge in [0.25, 0.3) is 9.05 Å². The highest BCUT2D eigenvalue weighted by Gasteiger charge is 2.23. The van der Waals surface area contributed by atoms with Gasteiger partial charge >= 0.3 is 0 Å². The first-order valence-corrected chi connectivity index (χ1v) is 7.66. The number of benzene rings is 1. The van der Waals surface area contributed by atoms with Crippen molar-refractivity contribution in [2.75, 3.05) is 13.7 Å². The minimum Gasteiger partial charge on any atom is -0.487 e. The van der Waals surface area contributed by atoms with Crippen molar-refractivity contribution in [2.24, 2.45) is 0 Å². The van der Waals surface area contributed by atoms with Gasteiger partial charge < -0.3 is 9.47 Å². The second kappa shape index (κ2) is 6.49. The molecule has 0 radical (unpaired) electrons. The van der Waals surface area contributed by atoms with Crippen LogP contribution in [-0.4, -0.2) is 28.2 Å². The lowest BCUT2D eigenvalue weighted by Crippen LogP contribution is -2.15. The Morgan fingerprint density at radius 1 is 1.32 bits per heavy atom. The molecule has 108 valence electrons. The fourth-order valence-corrected chi connectivity index (χ4v) is 2.24. The van der Waals surface area contributed by atoms with Crippen LogP contribution >= 0.6 is 10.7 Å². The number of hydrogen-bond donors (Lipinski definition) is 0. The second-order valence-corrected chi connectivity index (χ2v) is 6.37. The zero-order valence-corrected chi connectivity index (χ0v) is 11.9. The highest BCUT2D eigenvalue weighted by atomic mass is 35.7. The summed E-state index contributed by atoms with van der Waals surface area (Å²) in [5.41, 5.74) is 0. The zero-order chi connectivity index (χ0) is 14.6. The molecule has 4 nitrogen and oxygen atoms in total. The summed E-state index contributed by atoms with van der Waals surface area (Å²) in [6.07, 6.45) is 0.0694. The van der Waals surface area contributed by atoms with Gasteiger partial charge in [0.05, 0.1) is 6.10 Å². The molecule has 0 bridgehead atoms. The predicted octanol–water partition coefficient (Wildman–Crippen LogP) is 2.70. The maximum Gasteiger partial charge on any atom is 0.264 e. The molecule has 0 aromatic heterocycles. The molecule has 1 aromatic carbocycles. The average molecular weight is 315 g/mol. The molecule has 0 aliphatic rings. The third-order valence-electron chi connectivity index (χ3n) is 2.33. The first kappa shape index (κ1) is 16.1. The van der Waals surface area contributed by atoms with Crippen molar-refractivity contribution >= 4 is 19.7 Å². The van der Waals surface area contributed by atoms with E-state index in [-0.39, 0.29) is 5.75 Å². The maximum atomic E-state index is 13.6. The number of hydrogen-bond acceptors (Lipinski definition) is 4. The van der Waals surface area contributed by atoms with Crippen molar-refractivity contribution in [2.45, 2.75) is 24.3 Å². The molecule has 1 aromatic rings. The van der Waals surface area contributed by atoms with E-state index in [2.05, 4.69) is 0 Å². The third-order valence-corrected chi connectivity index (χ3v) is 3.67. The Hall–Kier alpha value is -0.920. The number of ether oxygens (including phenoxy) is 2. The van der Waals surface area contributed by atoms with Gasteiger partial charge in [0, 0.05) is 30.8 Å². The second-order valence-electron chi connectivity index (χ2n) is 3.84. The third kappa shape index (κ3) is 4.29. The van der Waals surface area contributed by atoms with Crippen LogP contribution in [0.3, 0.4) is 0 Å². The van der Waals surface area contributed by atoms with E-state index < -0.39 is 31.7 Å². The van der Waals surface area contributed by atoms with Gasteiger partial charge in [0.15, 0.2) is 11.6 Å². The van der Waals surface area contributed by atoms with Gasteiger partial charge in [-0.15, -0.1) is 0 Å². The van der Waals surface area contributed by atoms with E-state index in [0.29, 0.717) is 13.0 Å². The molecule has 0 heterocycles. The Balaban J connectivity index is 2.97. The van der Waals surface area contributed by atoms with E-state index in [1.54, 1.807) is 6.92 Å². The van der Waals surface area contributed by atoms with Gasteiger partial charge in [-0.05, 0) is 19.1 Å². The van der Waals surface area contributed by atoms with Crippen LogP contribution in [0.2, 0.25) is 0 Å². The van der Waals surface area contributed by atoms with Crippen molar-refractivity contribution in [1.29, 1.82) is 0 Å². The summed E-state index contributed by atoms with van der Waals surface area (Å²) in [6.45, 7) is 2.06. The van der Waals surface area contributed by atoms with Crippen LogP contribution in [0.15, 0.2) is 17.0 Å². The molecule has 1 atom stereocenters. The molecular weight excluding hydrogens is 302 g/mol. The average Bonchev–Trinajstić information content (AvgIpc) is 2.31. The molecule has 0 amide bonds. The largest absolute Gasteiger partial charge is 0.487 e. The topological polar surface area (TPSA) is 52.6 Å². The van der Waals surface area contributed by atoms with E-state index in [4.69, 9.17) is 20.2 Å². The van der Waals surface area contributed by atoms with E-state index in [0.717, 1.165) is 12.1 Å². The quantitative estimate of drug-likeness (QED) is 0.758.